The van der Waals surface area contributed by atoms with Crippen molar-refractivity contribution in [2.24, 2.45) is 0 Å². The molecule has 1 aliphatic rings. The van der Waals surface area contributed by atoms with Crippen molar-refractivity contribution in [1.82, 2.24) is 4.98 Å². The van der Waals surface area contributed by atoms with E-state index in [1.54, 1.807) is 0 Å². The number of rotatable bonds is 3. The van der Waals surface area contributed by atoms with Gasteiger partial charge in [0.15, 0.2) is 6.10 Å². The molecule has 0 saturated carbocycles. The van der Waals surface area contributed by atoms with Gasteiger partial charge in [-0.25, -0.2) is 4.98 Å². The molecule has 46 heavy (non-hydrogen) atoms. The van der Waals surface area contributed by atoms with Gasteiger partial charge >= 0.3 is 24.7 Å². The number of alkyl halides is 12. The zero-order valence-corrected chi connectivity index (χ0v) is 23.3. The molecule has 2 heterocycles. The summed E-state index contributed by atoms with van der Waals surface area (Å²) in [4.78, 5) is 31.2. The maximum atomic E-state index is 14.9. The van der Waals surface area contributed by atoms with E-state index in [-0.39, 0.29) is 6.07 Å². The zero-order valence-electron chi connectivity index (χ0n) is 23.3. The Kier molecular flexibility index (Phi) is 7.42. The molecule has 18 heteroatoms. The van der Waals surface area contributed by atoms with Gasteiger partial charge < -0.3 is 14.5 Å². The number of hydrogen-bond acceptors (Lipinski definition) is 6. The average molecular weight is 671 g/mol. The van der Waals surface area contributed by atoms with Crippen molar-refractivity contribution in [1.29, 1.82) is 0 Å². The molecule has 0 amide bonds. The summed E-state index contributed by atoms with van der Waals surface area (Å²) < 4.78 is 174. The molecule has 0 aliphatic carbocycles. The van der Waals surface area contributed by atoms with Gasteiger partial charge in [-0.2, -0.15) is 52.7 Å². The minimum atomic E-state index is -5.77. The predicted molar refractivity (Wildman–Crippen MR) is 140 cm³/mol. The van der Waals surface area contributed by atoms with Crippen LogP contribution in [0.2, 0.25) is 0 Å². The fourth-order valence-electron chi connectivity index (χ4n) is 5.61. The molecule has 0 bridgehead atoms. The van der Waals surface area contributed by atoms with Crippen LogP contribution in [0.4, 0.5) is 64.1 Å². The Bertz CT molecular complexity index is 1940. The summed E-state index contributed by atoms with van der Waals surface area (Å²) in [5.74, 6) is -5.46. The summed E-state index contributed by atoms with van der Waals surface area (Å²) in [6.45, 7) is -0.858. The number of fused-ring (bicyclic) bond motifs is 6. The number of ether oxygens (including phenoxy) is 1. The summed E-state index contributed by atoms with van der Waals surface area (Å²) in [5.41, 5.74) is -8.69. The van der Waals surface area contributed by atoms with Crippen LogP contribution in [0.5, 0.6) is 0 Å². The second-order valence-corrected chi connectivity index (χ2v) is 10.5. The van der Waals surface area contributed by atoms with Crippen LogP contribution in [0.15, 0.2) is 30.3 Å². The van der Waals surface area contributed by atoms with Gasteiger partial charge in [0.25, 0.3) is 11.6 Å². The van der Waals surface area contributed by atoms with Crippen molar-refractivity contribution in [2.45, 2.75) is 30.8 Å². The van der Waals surface area contributed by atoms with Crippen LogP contribution < -0.4 is 9.80 Å². The van der Waals surface area contributed by atoms with Crippen LogP contribution in [-0.2, 0) is 10.9 Å². The molecular formula is C28H17F12N3O3. The van der Waals surface area contributed by atoms with Crippen molar-refractivity contribution < 1.29 is 67.0 Å². The number of anilines is 2. The molecule has 6 nitrogen and oxygen atoms in total. The number of halogens is 12. The Morgan fingerprint density at radius 3 is 1.98 bits per heavy atom. The molecule has 1 aromatic heterocycles. The number of pyridine rings is 1. The monoisotopic (exact) mass is 671 g/mol. The normalized spacial score (nSPS) is 16.3. The number of carbonyl (C=O) groups excluding carboxylic acids is 2. The Balaban J connectivity index is 2.10. The maximum absolute atomic E-state index is 14.9. The summed E-state index contributed by atoms with van der Waals surface area (Å²) in [7, 11) is 3.35. The quantitative estimate of drug-likeness (QED) is 0.0949. The van der Waals surface area contributed by atoms with Gasteiger partial charge in [0.05, 0.1) is 27.8 Å². The van der Waals surface area contributed by atoms with Crippen molar-refractivity contribution in [3.63, 3.8) is 0 Å². The number of nitrogens with zero attached hydrogens (tertiary/aromatic N) is 3. The Morgan fingerprint density at radius 2 is 1.46 bits per heavy atom. The lowest BCUT2D eigenvalue weighted by Gasteiger charge is -2.35. The smallest absolute Gasteiger partial charge is 0.377 e. The lowest BCUT2D eigenvalue weighted by molar-refractivity contribution is -0.225. The Hall–Kier alpha value is -4.35. The van der Waals surface area contributed by atoms with Gasteiger partial charge in [-0.15, -0.1) is 0 Å². The molecule has 1 atom stereocenters. The average Bonchev–Trinajstić information content (AvgIpc) is 2.91. The summed E-state index contributed by atoms with van der Waals surface area (Å²) in [6, 6.07) is 3.27. The van der Waals surface area contributed by atoms with E-state index >= 15 is 0 Å². The lowest BCUT2D eigenvalue weighted by Crippen LogP contribution is -2.36. The lowest BCUT2D eigenvalue weighted by atomic mass is 9.88. The molecular weight excluding hydrogens is 654 g/mol. The highest BCUT2D eigenvalue weighted by atomic mass is 19.4. The molecule has 0 fully saturated rings. The van der Waals surface area contributed by atoms with Crippen LogP contribution in [0.1, 0.15) is 37.9 Å². The SMILES string of the molecule is CN(C)c1ccc2nc3c(cc(C(=O)C(F)(F)F)c4c5c(ccc43)C(C(F)(F)F)OCN5C)c(C(F)(F)F)c2c1C(=O)C(F)(F)F. The highest BCUT2D eigenvalue weighted by Gasteiger charge is 2.49. The van der Waals surface area contributed by atoms with Crippen LogP contribution in [-0.4, -0.2) is 63.0 Å². The van der Waals surface area contributed by atoms with Crippen molar-refractivity contribution >= 4 is 55.5 Å². The molecule has 1 aliphatic heterocycles. The summed E-state index contributed by atoms with van der Waals surface area (Å²) >= 11 is 0. The number of aromatic nitrogens is 1. The first-order valence-corrected chi connectivity index (χ1v) is 12.7. The van der Waals surface area contributed by atoms with Crippen molar-refractivity contribution in [3.8, 4) is 0 Å². The van der Waals surface area contributed by atoms with Crippen LogP contribution in [0.3, 0.4) is 0 Å². The van der Waals surface area contributed by atoms with Crippen molar-refractivity contribution in [3.05, 3.63) is 52.6 Å². The number of Topliss-reactive ketones (excluding diaryl/α,β-unsaturated/α-hetero) is 2. The minimum absolute atomic E-state index is 0.0824. The summed E-state index contributed by atoms with van der Waals surface area (Å²) in [6.07, 6.45) is -24.9. The number of carbonyl (C=O) groups is 2. The van der Waals surface area contributed by atoms with Crippen LogP contribution in [0.25, 0.3) is 32.6 Å². The number of hydrogen-bond donors (Lipinski definition) is 0. The van der Waals surface area contributed by atoms with Gasteiger partial charge in [0.1, 0.15) is 6.73 Å². The zero-order chi connectivity index (χ0) is 34.5. The first kappa shape index (κ1) is 33.0. The van der Waals surface area contributed by atoms with E-state index in [2.05, 4.69) is 4.98 Å². The maximum Gasteiger partial charge on any atom is 0.454 e. The van der Waals surface area contributed by atoms with E-state index in [1.807, 2.05) is 0 Å². The van der Waals surface area contributed by atoms with Gasteiger partial charge in [-0.1, -0.05) is 12.1 Å². The van der Waals surface area contributed by atoms with Crippen LogP contribution >= 0.6 is 0 Å². The topological polar surface area (TPSA) is 62.7 Å². The predicted octanol–water partition coefficient (Wildman–Crippen LogP) is 8.14. The van der Waals surface area contributed by atoms with E-state index in [0.29, 0.717) is 0 Å². The molecule has 1 unspecified atom stereocenters. The number of ketones is 2. The molecule has 0 radical (unpaired) electrons. The van der Waals surface area contributed by atoms with E-state index in [9.17, 15) is 62.3 Å². The van der Waals surface area contributed by atoms with Gasteiger partial charge in [-0.3, -0.25) is 9.59 Å². The fourth-order valence-corrected chi connectivity index (χ4v) is 5.61. The fraction of sp³-hybridized carbons (Fsp3) is 0.321. The molecule has 5 rings (SSSR count). The molecule has 3 aromatic carbocycles. The van der Waals surface area contributed by atoms with Crippen molar-refractivity contribution in [2.75, 3.05) is 37.7 Å². The largest absolute Gasteiger partial charge is 0.454 e. The molecule has 0 spiro atoms. The van der Waals surface area contributed by atoms with E-state index < -0.39 is 115 Å². The van der Waals surface area contributed by atoms with Gasteiger partial charge in [0.2, 0.25) is 0 Å². The third kappa shape index (κ3) is 5.21. The third-order valence-corrected chi connectivity index (χ3v) is 7.34. The molecule has 0 N–H and O–H groups in total. The molecule has 246 valence electrons. The third-order valence-electron chi connectivity index (χ3n) is 7.34. The van der Waals surface area contributed by atoms with Gasteiger partial charge in [-0.05, 0) is 18.2 Å². The molecule has 0 saturated heterocycles. The Morgan fingerprint density at radius 1 is 0.848 bits per heavy atom. The standard InChI is InChI=1S/C28H17F12N3O3/c1-42(2)15-7-6-14-17(18(15)23(45)27(35,36)37)19(25(29,30)31)13-8-12(22(44)26(32,33)34)16-10(20(13)41-14)4-5-11-21(16)43(3)9-46-24(11)28(38,39)40/h4-8,24H,9H2,1-3H3. The highest BCUT2D eigenvalue weighted by Crippen LogP contribution is 2.51. The van der Waals surface area contributed by atoms with E-state index in [0.717, 1.165) is 55.2 Å². The van der Waals surface area contributed by atoms with Crippen LogP contribution in [0, 0.1) is 0 Å². The highest BCUT2D eigenvalue weighted by molar-refractivity contribution is 6.25. The first-order chi connectivity index (χ1) is 21.0. The first-order valence-electron chi connectivity index (χ1n) is 12.7. The summed E-state index contributed by atoms with van der Waals surface area (Å²) in [5, 5.41) is -4.19. The molecule has 4 aromatic rings. The van der Waals surface area contributed by atoms with E-state index in [1.165, 1.54) is 0 Å². The second kappa shape index (κ2) is 10.3. The van der Waals surface area contributed by atoms with Gasteiger partial charge in [0, 0.05) is 59.5 Å². The minimum Gasteiger partial charge on any atom is -0.377 e. The second-order valence-electron chi connectivity index (χ2n) is 10.5. The van der Waals surface area contributed by atoms with E-state index in [4.69, 9.17) is 4.74 Å². The number of benzene rings is 3. The Labute approximate surface area is 249 Å².